The SMILES string of the molecule is Cn1ccnc1C(NS(=O)(=O)c1ccc(C(C)(C)C)cc1)c1ccccc1. The van der Waals surface area contributed by atoms with E-state index in [1.807, 2.05) is 54.1 Å². The number of imidazole rings is 1. The summed E-state index contributed by atoms with van der Waals surface area (Å²) in [4.78, 5) is 4.59. The molecule has 1 heterocycles. The Morgan fingerprint density at radius 2 is 1.63 bits per heavy atom. The summed E-state index contributed by atoms with van der Waals surface area (Å²) in [6.07, 6.45) is 3.47. The van der Waals surface area contributed by atoms with E-state index in [9.17, 15) is 8.42 Å². The number of nitrogens with one attached hydrogen (secondary N) is 1. The van der Waals surface area contributed by atoms with E-state index in [1.54, 1.807) is 24.5 Å². The highest BCUT2D eigenvalue weighted by molar-refractivity contribution is 7.89. The maximum atomic E-state index is 13.0. The minimum atomic E-state index is -3.72. The summed E-state index contributed by atoms with van der Waals surface area (Å²) >= 11 is 0. The summed E-state index contributed by atoms with van der Waals surface area (Å²) in [7, 11) is -1.86. The normalized spacial score (nSPS) is 13.5. The lowest BCUT2D eigenvalue weighted by Gasteiger charge is -2.21. The topological polar surface area (TPSA) is 64.0 Å². The molecule has 0 spiro atoms. The summed E-state index contributed by atoms with van der Waals surface area (Å²) in [5, 5.41) is 0. The fraction of sp³-hybridized carbons (Fsp3) is 0.286. The number of sulfonamides is 1. The van der Waals surface area contributed by atoms with Gasteiger partial charge in [0, 0.05) is 19.4 Å². The van der Waals surface area contributed by atoms with Crippen molar-refractivity contribution in [2.75, 3.05) is 0 Å². The van der Waals surface area contributed by atoms with Gasteiger partial charge in [-0.2, -0.15) is 4.72 Å². The van der Waals surface area contributed by atoms with E-state index in [0.717, 1.165) is 11.1 Å². The minimum Gasteiger partial charge on any atom is -0.336 e. The molecule has 0 bridgehead atoms. The van der Waals surface area contributed by atoms with E-state index >= 15 is 0 Å². The average Bonchev–Trinajstić information content (AvgIpc) is 3.06. The molecule has 1 N–H and O–H groups in total. The summed E-state index contributed by atoms with van der Waals surface area (Å²) in [6, 6.07) is 15.9. The molecule has 142 valence electrons. The standard InChI is InChI=1S/C21H25N3O2S/c1-21(2,3)17-10-12-18(13-11-17)27(25,26)23-19(16-8-6-5-7-9-16)20-22-14-15-24(20)4/h5-15,19,23H,1-4H3. The lowest BCUT2D eigenvalue weighted by Crippen LogP contribution is -2.31. The zero-order chi connectivity index (χ0) is 19.7. The van der Waals surface area contributed by atoms with E-state index in [-0.39, 0.29) is 10.3 Å². The van der Waals surface area contributed by atoms with Crippen molar-refractivity contribution in [1.29, 1.82) is 0 Å². The largest absolute Gasteiger partial charge is 0.336 e. The van der Waals surface area contributed by atoms with Crippen LogP contribution in [0.25, 0.3) is 0 Å². The van der Waals surface area contributed by atoms with Crippen LogP contribution in [0.2, 0.25) is 0 Å². The molecule has 1 atom stereocenters. The zero-order valence-corrected chi connectivity index (χ0v) is 16.9. The molecule has 0 fully saturated rings. The Hall–Kier alpha value is -2.44. The molecule has 1 aromatic heterocycles. The zero-order valence-electron chi connectivity index (χ0n) is 16.0. The number of hydrogen-bond donors (Lipinski definition) is 1. The quantitative estimate of drug-likeness (QED) is 0.729. The van der Waals surface area contributed by atoms with Crippen molar-refractivity contribution in [1.82, 2.24) is 14.3 Å². The number of rotatable bonds is 5. The van der Waals surface area contributed by atoms with Crippen LogP contribution in [-0.2, 0) is 22.5 Å². The molecule has 6 heteroatoms. The summed E-state index contributed by atoms with van der Waals surface area (Å²) in [5.74, 6) is 0.635. The van der Waals surface area contributed by atoms with Gasteiger partial charge in [-0.1, -0.05) is 63.2 Å². The van der Waals surface area contributed by atoms with Gasteiger partial charge in [-0.25, -0.2) is 13.4 Å². The predicted octanol–water partition coefficient (Wildman–Crippen LogP) is 3.79. The predicted molar refractivity (Wildman–Crippen MR) is 107 cm³/mol. The highest BCUT2D eigenvalue weighted by Crippen LogP contribution is 2.26. The number of benzene rings is 2. The summed E-state index contributed by atoms with van der Waals surface area (Å²) in [5.41, 5.74) is 1.89. The fourth-order valence-corrected chi connectivity index (χ4v) is 4.11. The monoisotopic (exact) mass is 383 g/mol. The number of aromatic nitrogens is 2. The third-order valence-electron chi connectivity index (χ3n) is 4.55. The van der Waals surface area contributed by atoms with Crippen LogP contribution in [0.5, 0.6) is 0 Å². The van der Waals surface area contributed by atoms with Gasteiger partial charge >= 0.3 is 0 Å². The molecule has 0 aliphatic rings. The molecule has 0 aliphatic carbocycles. The second kappa shape index (κ2) is 7.29. The van der Waals surface area contributed by atoms with Crippen molar-refractivity contribution in [2.24, 2.45) is 7.05 Å². The second-order valence-corrected chi connectivity index (χ2v) is 9.35. The van der Waals surface area contributed by atoms with Crippen LogP contribution >= 0.6 is 0 Å². The van der Waals surface area contributed by atoms with Crippen LogP contribution in [0.15, 0.2) is 71.9 Å². The van der Waals surface area contributed by atoms with Gasteiger partial charge in [-0.3, -0.25) is 0 Å². The molecule has 27 heavy (non-hydrogen) atoms. The third-order valence-corrected chi connectivity index (χ3v) is 5.99. The maximum absolute atomic E-state index is 13.0. The van der Waals surface area contributed by atoms with Gasteiger partial charge in [-0.05, 0) is 28.7 Å². The minimum absolute atomic E-state index is 0.0325. The number of hydrogen-bond acceptors (Lipinski definition) is 3. The van der Waals surface area contributed by atoms with Gasteiger partial charge in [0.2, 0.25) is 10.0 Å². The molecular formula is C21H25N3O2S. The van der Waals surface area contributed by atoms with Gasteiger partial charge in [0.15, 0.2) is 0 Å². The molecule has 1 unspecified atom stereocenters. The second-order valence-electron chi connectivity index (χ2n) is 7.64. The Kier molecular flexibility index (Phi) is 5.22. The van der Waals surface area contributed by atoms with Crippen LogP contribution in [-0.4, -0.2) is 18.0 Å². The first-order valence-electron chi connectivity index (χ1n) is 8.83. The highest BCUT2D eigenvalue weighted by Gasteiger charge is 2.26. The molecule has 0 amide bonds. The molecule has 3 aromatic rings. The van der Waals surface area contributed by atoms with Crippen molar-refractivity contribution in [3.05, 3.63) is 83.9 Å². The Morgan fingerprint density at radius 3 is 2.15 bits per heavy atom. The first-order chi connectivity index (χ1) is 12.7. The molecule has 2 aromatic carbocycles. The maximum Gasteiger partial charge on any atom is 0.241 e. The third kappa shape index (κ3) is 4.28. The lowest BCUT2D eigenvalue weighted by molar-refractivity contribution is 0.561. The van der Waals surface area contributed by atoms with Gasteiger partial charge in [0.1, 0.15) is 11.9 Å². The van der Waals surface area contributed by atoms with Crippen molar-refractivity contribution in [3.8, 4) is 0 Å². The Balaban J connectivity index is 1.97. The Bertz CT molecular complexity index is 1000. The van der Waals surface area contributed by atoms with Crippen LogP contribution in [0.4, 0.5) is 0 Å². The van der Waals surface area contributed by atoms with Crippen LogP contribution < -0.4 is 4.72 Å². The molecule has 3 rings (SSSR count). The van der Waals surface area contributed by atoms with Crippen molar-refractivity contribution in [3.63, 3.8) is 0 Å². The molecule has 0 saturated heterocycles. The van der Waals surface area contributed by atoms with E-state index in [2.05, 4.69) is 30.5 Å². The van der Waals surface area contributed by atoms with E-state index in [4.69, 9.17) is 0 Å². The van der Waals surface area contributed by atoms with Gasteiger partial charge in [0.25, 0.3) is 0 Å². The van der Waals surface area contributed by atoms with Crippen LogP contribution in [0, 0.1) is 0 Å². The lowest BCUT2D eigenvalue weighted by atomic mass is 9.87. The average molecular weight is 384 g/mol. The smallest absolute Gasteiger partial charge is 0.241 e. The van der Waals surface area contributed by atoms with Crippen LogP contribution in [0.3, 0.4) is 0 Å². The van der Waals surface area contributed by atoms with Crippen molar-refractivity contribution >= 4 is 10.0 Å². The number of aryl methyl sites for hydroxylation is 1. The Morgan fingerprint density at radius 1 is 1.00 bits per heavy atom. The van der Waals surface area contributed by atoms with Gasteiger partial charge in [0.05, 0.1) is 4.90 Å². The first-order valence-corrected chi connectivity index (χ1v) is 10.3. The Labute approximate surface area is 161 Å². The van der Waals surface area contributed by atoms with Gasteiger partial charge in [-0.15, -0.1) is 0 Å². The van der Waals surface area contributed by atoms with Crippen molar-refractivity contribution < 1.29 is 8.42 Å². The fourth-order valence-electron chi connectivity index (χ4n) is 2.93. The molecule has 5 nitrogen and oxygen atoms in total. The first kappa shape index (κ1) is 19.3. The van der Waals surface area contributed by atoms with Gasteiger partial charge < -0.3 is 4.57 Å². The van der Waals surface area contributed by atoms with E-state index in [1.165, 1.54) is 0 Å². The highest BCUT2D eigenvalue weighted by atomic mass is 32.2. The molecule has 0 radical (unpaired) electrons. The molecule has 0 aliphatic heterocycles. The van der Waals surface area contributed by atoms with E-state index in [0.29, 0.717) is 5.82 Å². The number of nitrogens with zero attached hydrogens (tertiary/aromatic N) is 2. The van der Waals surface area contributed by atoms with Crippen molar-refractivity contribution in [2.45, 2.75) is 37.1 Å². The molecular weight excluding hydrogens is 358 g/mol. The molecule has 0 saturated carbocycles. The summed E-state index contributed by atoms with van der Waals surface area (Å²) < 4.78 is 30.7. The van der Waals surface area contributed by atoms with E-state index < -0.39 is 16.1 Å². The van der Waals surface area contributed by atoms with Crippen LogP contribution in [0.1, 0.15) is 43.8 Å². The summed E-state index contributed by atoms with van der Waals surface area (Å²) in [6.45, 7) is 6.30.